The average Bonchev–Trinajstić information content (AvgIpc) is 2.45. The van der Waals surface area contributed by atoms with Crippen LogP contribution in [-0.2, 0) is 6.18 Å². The molecule has 108 valence electrons. The van der Waals surface area contributed by atoms with E-state index in [9.17, 15) is 28.1 Å². The third kappa shape index (κ3) is 3.04. The first kappa shape index (κ1) is 14.6. The smallest absolute Gasteiger partial charge is 0.289 e. The number of hydrogen-bond acceptors (Lipinski definition) is 4. The van der Waals surface area contributed by atoms with Gasteiger partial charge in [0.2, 0.25) is 0 Å². The molecule has 0 fully saturated rings. The third-order valence-electron chi connectivity index (χ3n) is 2.69. The van der Waals surface area contributed by atoms with E-state index >= 15 is 0 Å². The zero-order chi connectivity index (χ0) is 15.6. The van der Waals surface area contributed by atoms with Crippen LogP contribution >= 0.6 is 0 Å². The summed E-state index contributed by atoms with van der Waals surface area (Å²) in [6, 6.07) is 4.54. The molecular formula is C13H7F3N2O3. The third-order valence-corrected chi connectivity index (χ3v) is 2.69. The molecule has 0 spiro atoms. The summed E-state index contributed by atoms with van der Waals surface area (Å²) in [5, 5.41) is 10.7. The van der Waals surface area contributed by atoms with Gasteiger partial charge in [0.25, 0.3) is 5.69 Å². The highest BCUT2D eigenvalue weighted by atomic mass is 19.4. The van der Waals surface area contributed by atoms with E-state index in [1.54, 1.807) is 0 Å². The number of nitrogens with zero attached hydrogens (tertiary/aromatic N) is 2. The number of rotatable bonds is 3. The predicted molar refractivity (Wildman–Crippen MR) is 65.8 cm³/mol. The molecule has 1 aromatic heterocycles. The fourth-order valence-electron chi connectivity index (χ4n) is 1.73. The standard InChI is InChI=1S/C13H7F3N2O3/c14-13(15,16)11-4-3-9(18(20)21)6-10(11)12(19)8-2-1-5-17-7-8/h1-7H. The zero-order valence-electron chi connectivity index (χ0n) is 10.3. The van der Waals surface area contributed by atoms with Gasteiger partial charge in [0.05, 0.1) is 10.5 Å². The highest BCUT2D eigenvalue weighted by Gasteiger charge is 2.36. The summed E-state index contributed by atoms with van der Waals surface area (Å²) >= 11 is 0. The number of aromatic nitrogens is 1. The number of pyridine rings is 1. The molecule has 1 heterocycles. The number of ketones is 1. The van der Waals surface area contributed by atoms with Crippen molar-refractivity contribution >= 4 is 11.5 Å². The van der Waals surface area contributed by atoms with E-state index in [1.165, 1.54) is 18.3 Å². The molecule has 8 heteroatoms. The summed E-state index contributed by atoms with van der Waals surface area (Å²) in [6.45, 7) is 0. The van der Waals surface area contributed by atoms with Crippen LogP contribution in [0, 0.1) is 10.1 Å². The number of carbonyl (C=O) groups excluding carboxylic acids is 1. The van der Waals surface area contributed by atoms with Crippen molar-refractivity contribution in [3.8, 4) is 0 Å². The Kier molecular flexibility index (Phi) is 3.70. The van der Waals surface area contributed by atoms with Crippen LogP contribution in [0.5, 0.6) is 0 Å². The second-order valence-corrected chi connectivity index (χ2v) is 4.06. The van der Waals surface area contributed by atoms with E-state index in [0.29, 0.717) is 18.2 Å². The number of carbonyl (C=O) groups is 1. The minimum atomic E-state index is -4.79. The maximum Gasteiger partial charge on any atom is 0.417 e. The molecule has 5 nitrogen and oxygen atoms in total. The van der Waals surface area contributed by atoms with Gasteiger partial charge in [-0.1, -0.05) is 0 Å². The number of nitro groups is 1. The Bertz CT molecular complexity index is 700. The quantitative estimate of drug-likeness (QED) is 0.495. The number of benzene rings is 1. The Morgan fingerprint density at radius 3 is 2.48 bits per heavy atom. The molecule has 0 saturated carbocycles. The molecule has 0 atom stereocenters. The molecule has 1 aromatic carbocycles. The van der Waals surface area contributed by atoms with Gasteiger partial charge in [-0.2, -0.15) is 13.2 Å². The van der Waals surface area contributed by atoms with Gasteiger partial charge in [-0.3, -0.25) is 19.9 Å². The lowest BCUT2D eigenvalue weighted by molar-refractivity contribution is -0.384. The molecule has 0 saturated heterocycles. The largest absolute Gasteiger partial charge is 0.417 e. The molecule has 0 aliphatic rings. The predicted octanol–water partition coefficient (Wildman–Crippen LogP) is 3.24. The van der Waals surface area contributed by atoms with Gasteiger partial charge >= 0.3 is 6.18 Å². The highest BCUT2D eigenvalue weighted by Crippen LogP contribution is 2.34. The Hall–Kier alpha value is -2.77. The molecule has 0 aliphatic heterocycles. The molecule has 21 heavy (non-hydrogen) atoms. The van der Waals surface area contributed by atoms with Crippen LogP contribution in [0.15, 0.2) is 42.7 Å². The fourth-order valence-corrected chi connectivity index (χ4v) is 1.73. The van der Waals surface area contributed by atoms with Crippen molar-refractivity contribution in [3.05, 3.63) is 69.5 Å². The summed E-state index contributed by atoms with van der Waals surface area (Å²) in [5.41, 5.74) is -2.66. The van der Waals surface area contributed by atoms with Crippen LogP contribution in [0.4, 0.5) is 18.9 Å². The number of nitro benzene ring substituents is 1. The van der Waals surface area contributed by atoms with Crippen LogP contribution < -0.4 is 0 Å². The van der Waals surface area contributed by atoms with Gasteiger partial charge in [0, 0.05) is 35.7 Å². The lowest BCUT2D eigenvalue weighted by atomic mass is 9.98. The van der Waals surface area contributed by atoms with Crippen LogP contribution in [0.1, 0.15) is 21.5 Å². The maximum absolute atomic E-state index is 12.9. The minimum absolute atomic E-state index is 0.0801. The van der Waals surface area contributed by atoms with Crippen molar-refractivity contribution in [2.45, 2.75) is 6.18 Å². The summed E-state index contributed by atoms with van der Waals surface area (Å²) in [6.07, 6.45) is -2.33. The molecule has 0 bridgehead atoms. The van der Waals surface area contributed by atoms with Gasteiger partial charge in [-0.15, -0.1) is 0 Å². The normalized spacial score (nSPS) is 11.2. The topological polar surface area (TPSA) is 73.1 Å². The number of alkyl halides is 3. The van der Waals surface area contributed by atoms with Crippen LogP contribution in [0.2, 0.25) is 0 Å². The zero-order valence-corrected chi connectivity index (χ0v) is 10.3. The van der Waals surface area contributed by atoms with Crippen molar-refractivity contribution in [1.29, 1.82) is 0 Å². The van der Waals surface area contributed by atoms with Gasteiger partial charge < -0.3 is 0 Å². The highest BCUT2D eigenvalue weighted by molar-refractivity contribution is 6.10. The van der Waals surface area contributed by atoms with Gasteiger partial charge in [-0.05, 0) is 18.2 Å². The molecule has 0 amide bonds. The second-order valence-electron chi connectivity index (χ2n) is 4.06. The Labute approximate surface area is 116 Å². The fraction of sp³-hybridized carbons (Fsp3) is 0.0769. The first-order valence-corrected chi connectivity index (χ1v) is 5.61. The Morgan fingerprint density at radius 1 is 1.24 bits per heavy atom. The SMILES string of the molecule is O=C(c1cccnc1)c1cc([N+](=O)[O-])ccc1C(F)(F)F. The van der Waals surface area contributed by atoms with Crippen LogP contribution in [0.25, 0.3) is 0 Å². The van der Waals surface area contributed by atoms with Crippen molar-refractivity contribution in [1.82, 2.24) is 4.98 Å². The van der Waals surface area contributed by atoms with Crippen LogP contribution in [-0.4, -0.2) is 15.7 Å². The molecule has 2 rings (SSSR count). The first-order valence-electron chi connectivity index (χ1n) is 5.61. The molecule has 2 aromatic rings. The number of hydrogen-bond donors (Lipinski definition) is 0. The van der Waals surface area contributed by atoms with E-state index in [2.05, 4.69) is 4.98 Å². The van der Waals surface area contributed by atoms with Crippen LogP contribution in [0.3, 0.4) is 0 Å². The molecule has 0 radical (unpaired) electrons. The number of halogens is 3. The van der Waals surface area contributed by atoms with E-state index in [-0.39, 0.29) is 5.56 Å². The molecule has 0 N–H and O–H groups in total. The Morgan fingerprint density at radius 2 is 1.95 bits per heavy atom. The van der Waals surface area contributed by atoms with E-state index in [4.69, 9.17) is 0 Å². The molecular weight excluding hydrogens is 289 g/mol. The minimum Gasteiger partial charge on any atom is -0.289 e. The maximum atomic E-state index is 12.9. The summed E-state index contributed by atoms with van der Waals surface area (Å²) < 4.78 is 38.8. The Balaban J connectivity index is 2.61. The summed E-state index contributed by atoms with van der Waals surface area (Å²) in [5.74, 6) is -0.973. The lowest BCUT2D eigenvalue weighted by Crippen LogP contribution is -2.14. The number of non-ortho nitro benzene ring substituents is 1. The van der Waals surface area contributed by atoms with Gasteiger partial charge in [-0.25, -0.2) is 0 Å². The summed E-state index contributed by atoms with van der Waals surface area (Å²) in [4.78, 5) is 25.6. The molecule has 0 aliphatic carbocycles. The van der Waals surface area contributed by atoms with Crippen molar-refractivity contribution < 1.29 is 22.9 Å². The molecule has 0 unspecified atom stereocenters. The van der Waals surface area contributed by atoms with Gasteiger partial charge in [0.15, 0.2) is 5.78 Å². The van der Waals surface area contributed by atoms with Crippen molar-refractivity contribution in [3.63, 3.8) is 0 Å². The van der Waals surface area contributed by atoms with E-state index < -0.39 is 33.7 Å². The average molecular weight is 296 g/mol. The van der Waals surface area contributed by atoms with E-state index in [1.807, 2.05) is 0 Å². The van der Waals surface area contributed by atoms with Gasteiger partial charge in [0.1, 0.15) is 0 Å². The monoisotopic (exact) mass is 296 g/mol. The van der Waals surface area contributed by atoms with Crippen molar-refractivity contribution in [2.75, 3.05) is 0 Å². The van der Waals surface area contributed by atoms with E-state index in [0.717, 1.165) is 6.20 Å². The second kappa shape index (κ2) is 5.31. The summed E-state index contributed by atoms with van der Waals surface area (Å²) in [7, 11) is 0. The first-order chi connectivity index (χ1) is 9.80. The lowest BCUT2D eigenvalue weighted by Gasteiger charge is -2.11. The van der Waals surface area contributed by atoms with Crippen molar-refractivity contribution in [2.24, 2.45) is 0 Å².